The predicted molar refractivity (Wildman–Crippen MR) is 69.9 cm³/mol. The molecule has 2 N–H and O–H groups in total. The van der Waals surface area contributed by atoms with Crippen LogP contribution in [0.1, 0.15) is 10.4 Å². The van der Waals surface area contributed by atoms with Crippen molar-refractivity contribution in [3.05, 3.63) is 40.3 Å². The Morgan fingerprint density at radius 2 is 2.05 bits per heavy atom. The highest BCUT2D eigenvalue weighted by Crippen LogP contribution is 2.48. The van der Waals surface area contributed by atoms with Gasteiger partial charge in [0.15, 0.2) is 0 Å². The highest BCUT2D eigenvalue weighted by atomic mass is 32.2. The summed E-state index contributed by atoms with van der Waals surface area (Å²) in [5, 5.41) is 19.9. The van der Waals surface area contributed by atoms with Gasteiger partial charge in [-0.05, 0) is 17.6 Å². The molecule has 1 aromatic heterocycles. The number of aliphatic carboxylic acids is 1. The quantitative estimate of drug-likeness (QED) is 0.726. The Balaban J connectivity index is 2.44. The minimum absolute atomic E-state index is 0.00952. The van der Waals surface area contributed by atoms with Crippen LogP contribution in [-0.2, 0) is 4.79 Å². The number of carboxylic acids is 2. The smallest absolute Gasteiger partial charge is 0.341 e. The van der Waals surface area contributed by atoms with E-state index in [2.05, 4.69) is 4.98 Å². The Kier molecular flexibility index (Phi) is 3.57. The van der Waals surface area contributed by atoms with Gasteiger partial charge in [-0.15, -0.1) is 0 Å². The fraction of sp³-hybridized carbons (Fsp3) is 0.0833. The summed E-state index contributed by atoms with van der Waals surface area (Å²) < 4.78 is 4.86. The molecule has 2 heterocycles. The lowest BCUT2D eigenvalue weighted by atomic mass is 10.3. The van der Waals surface area contributed by atoms with E-state index in [9.17, 15) is 9.59 Å². The third-order valence-corrected chi connectivity index (χ3v) is 4.64. The molecule has 100 valence electrons. The number of aromatic nitrogens is 1. The minimum atomic E-state index is -1.20. The maximum atomic E-state index is 11.1. The van der Waals surface area contributed by atoms with Gasteiger partial charge in [0.1, 0.15) is 5.56 Å². The molecule has 6 nitrogen and oxygen atoms in total. The molecule has 1 aromatic rings. The number of methoxy groups -OCH3 is 1. The number of allylic oxidation sites excluding steroid dienone is 2. The zero-order valence-electron chi connectivity index (χ0n) is 9.90. The van der Waals surface area contributed by atoms with Gasteiger partial charge in [-0.1, -0.05) is 6.08 Å². The molecule has 0 bridgehead atoms. The molecule has 2 rings (SSSR count). The van der Waals surface area contributed by atoms with Crippen molar-refractivity contribution in [2.75, 3.05) is 7.11 Å². The molecule has 7 heteroatoms. The van der Waals surface area contributed by atoms with Crippen LogP contribution >= 0.6 is 10.9 Å². The Bertz CT molecular complexity index is 608. The van der Waals surface area contributed by atoms with Crippen LogP contribution in [0.25, 0.3) is 0 Å². The molecule has 1 aliphatic heterocycles. The summed E-state index contributed by atoms with van der Waals surface area (Å²) in [4.78, 5) is 26.9. The lowest BCUT2D eigenvalue weighted by Gasteiger charge is -2.16. The van der Waals surface area contributed by atoms with Crippen molar-refractivity contribution in [3.8, 4) is 5.88 Å². The van der Waals surface area contributed by atoms with Crippen molar-refractivity contribution in [3.63, 3.8) is 0 Å². The van der Waals surface area contributed by atoms with Gasteiger partial charge in [0.2, 0.25) is 5.88 Å². The number of aromatic carboxylic acids is 1. The van der Waals surface area contributed by atoms with Crippen molar-refractivity contribution in [2.24, 2.45) is 0 Å². The summed E-state index contributed by atoms with van der Waals surface area (Å²) in [6.07, 6.45) is 4.61. The number of nitrogens with zero attached hydrogens (tertiary/aromatic N) is 1. The van der Waals surface area contributed by atoms with Gasteiger partial charge in [-0.25, -0.2) is 14.6 Å². The first-order chi connectivity index (χ1) is 9.04. The topological polar surface area (TPSA) is 96.7 Å². The summed E-state index contributed by atoms with van der Waals surface area (Å²) in [7, 11) is 0.129. The lowest BCUT2D eigenvalue weighted by molar-refractivity contribution is -0.131. The van der Waals surface area contributed by atoms with Crippen LogP contribution in [0.15, 0.2) is 39.6 Å². The van der Waals surface area contributed by atoms with Crippen LogP contribution in [-0.4, -0.2) is 34.2 Å². The van der Waals surface area contributed by atoms with E-state index in [1.807, 2.05) is 0 Å². The fourth-order valence-electron chi connectivity index (χ4n) is 1.67. The van der Waals surface area contributed by atoms with Crippen LogP contribution in [0, 0.1) is 0 Å². The van der Waals surface area contributed by atoms with E-state index < -0.39 is 22.8 Å². The molecule has 0 radical (unpaired) electrons. The number of ether oxygens (including phenoxy) is 1. The molecular formula is C12H11NO5S. The molecule has 0 fully saturated rings. The highest BCUT2D eigenvalue weighted by molar-refractivity contribution is 8.23. The molecule has 1 aliphatic rings. The maximum Gasteiger partial charge on any atom is 0.341 e. The molecule has 1 unspecified atom stereocenters. The van der Waals surface area contributed by atoms with Crippen LogP contribution in [0.3, 0.4) is 0 Å². The number of carbonyl (C=O) groups is 2. The third kappa shape index (κ3) is 2.45. The van der Waals surface area contributed by atoms with Crippen LogP contribution in [0.4, 0.5) is 0 Å². The SMILES string of the molecule is COc1ncc([SH]2C=CC=C2C(=O)O)cc1C(=O)O. The van der Waals surface area contributed by atoms with Crippen molar-refractivity contribution < 1.29 is 24.5 Å². The first kappa shape index (κ1) is 13.2. The van der Waals surface area contributed by atoms with Crippen molar-refractivity contribution >= 4 is 22.8 Å². The summed E-state index contributed by atoms with van der Waals surface area (Å²) in [6.45, 7) is 0. The Labute approximate surface area is 111 Å². The zero-order chi connectivity index (χ0) is 14.0. The van der Waals surface area contributed by atoms with Gasteiger partial charge in [-0.2, -0.15) is 10.9 Å². The van der Waals surface area contributed by atoms with Gasteiger partial charge in [0, 0.05) is 11.1 Å². The van der Waals surface area contributed by atoms with Crippen molar-refractivity contribution in [1.29, 1.82) is 0 Å². The van der Waals surface area contributed by atoms with E-state index in [0.717, 1.165) is 0 Å². The number of hydrogen-bond donors (Lipinski definition) is 3. The van der Waals surface area contributed by atoms with Crippen LogP contribution in [0.5, 0.6) is 5.88 Å². The Morgan fingerprint density at radius 1 is 1.32 bits per heavy atom. The molecule has 19 heavy (non-hydrogen) atoms. The molecule has 0 amide bonds. The van der Waals surface area contributed by atoms with E-state index in [1.54, 1.807) is 11.5 Å². The second-order valence-electron chi connectivity index (χ2n) is 3.62. The number of pyridine rings is 1. The number of rotatable bonds is 4. The first-order valence-electron chi connectivity index (χ1n) is 5.23. The second kappa shape index (κ2) is 5.15. The van der Waals surface area contributed by atoms with E-state index >= 15 is 0 Å². The Hall–Kier alpha value is -2.28. The normalized spacial score (nSPS) is 19.0. The first-order valence-corrected chi connectivity index (χ1v) is 6.64. The average molecular weight is 281 g/mol. The molecule has 1 atom stereocenters. The monoisotopic (exact) mass is 281 g/mol. The van der Waals surface area contributed by atoms with E-state index in [1.165, 1.54) is 25.4 Å². The van der Waals surface area contributed by atoms with E-state index in [4.69, 9.17) is 14.9 Å². The summed E-state index contributed by atoms with van der Waals surface area (Å²) in [6, 6.07) is 1.41. The van der Waals surface area contributed by atoms with Crippen molar-refractivity contribution in [2.45, 2.75) is 4.90 Å². The maximum absolute atomic E-state index is 11.1. The molecule has 0 aliphatic carbocycles. The molecule has 0 saturated heterocycles. The van der Waals surface area contributed by atoms with Gasteiger partial charge in [-0.3, -0.25) is 0 Å². The van der Waals surface area contributed by atoms with Crippen LogP contribution in [0.2, 0.25) is 0 Å². The molecule has 0 saturated carbocycles. The van der Waals surface area contributed by atoms with Gasteiger partial charge < -0.3 is 14.9 Å². The van der Waals surface area contributed by atoms with E-state index in [-0.39, 0.29) is 16.3 Å². The summed E-state index contributed by atoms with van der Waals surface area (Å²) in [5.74, 6) is -2.16. The summed E-state index contributed by atoms with van der Waals surface area (Å²) in [5.41, 5.74) is -0.0764. The van der Waals surface area contributed by atoms with Gasteiger partial charge in [0.05, 0.1) is 12.0 Å². The fourth-order valence-corrected chi connectivity index (χ4v) is 3.44. The minimum Gasteiger partial charge on any atom is -0.480 e. The second-order valence-corrected chi connectivity index (χ2v) is 5.66. The lowest BCUT2D eigenvalue weighted by Crippen LogP contribution is -2.04. The molecular weight excluding hydrogens is 270 g/mol. The molecule has 0 spiro atoms. The highest BCUT2D eigenvalue weighted by Gasteiger charge is 2.22. The number of thiol groups is 1. The zero-order valence-corrected chi connectivity index (χ0v) is 10.8. The standard InChI is InChI=1S/C12H11NO5S/c1-18-10-8(11(14)15)5-7(6-13-10)19-4-2-3-9(19)12(16)17/h2-6,19H,1H3,(H,14,15)(H,16,17). The number of carboxylic acid groups (broad SMARTS) is 2. The largest absolute Gasteiger partial charge is 0.480 e. The predicted octanol–water partition coefficient (Wildman–Crippen LogP) is 1.64. The third-order valence-electron chi connectivity index (χ3n) is 2.51. The Morgan fingerprint density at radius 3 is 2.63 bits per heavy atom. The van der Waals surface area contributed by atoms with E-state index in [0.29, 0.717) is 4.90 Å². The molecule has 0 aromatic carbocycles. The number of hydrogen-bond acceptors (Lipinski definition) is 4. The van der Waals surface area contributed by atoms with Crippen LogP contribution < -0.4 is 4.74 Å². The van der Waals surface area contributed by atoms with Crippen molar-refractivity contribution in [1.82, 2.24) is 4.98 Å². The average Bonchev–Trinajstić information content (AvgIpc) is 2.87. The summed E-state index contributed by atoms with van der Waals surface area (Å²) >= 11 is 0. The van der Waals surface area contributed by atoms with Gasteiger partial charge in [0.25, 0.3) is 0 Å². The van der Waals surface area contributed by atoms with Gasteiger partial charge >= 0.3 is 11.9 Å².